The standard InChI is InChI=1S/C27H36F2O5/c1-2-3-17-27(28,29)25(31)16-15-22-21(13-9-4-5-10-14-26(32)33)23(30)18-24(22)34-19-20-11-7-6-8-12-20/h4,6-9,11-12,21-22,24H,2-3,5,10,13-19H2,1H3,(H,32,33)/b9-4-/t21-,22-,24-/m1/s1. The first kappa shape index (κ1) is 27.8. The van der Waals surface area contributed by atoms with E-state index in [2.05, 4.69) is 0 Å². The van der Waals surface area contributed by atoms with Gasteiger partial charge < -0.3 is 9.84 Å². The maximum Gasteiger partial charge on any atom is 0.305 e. The second-order valence-electron chi connectivity index (χ2n) is 9.04. The Morgan fingerprint density at radius 3 is 2.56 bits per heavy atom. The highest BCUT2D eigenvalue weighted by molar-refractivity contribution is 5.86. The second kappa shape index (κ2) is 14.1. The maximum atomic E-state index is 14.2. The first-order valence-corrected chi connectivity index (χ1v) is 12.2. The third kappa shape index (κ3) is 9.09. The Bertz CT molecular complexity index is 822. The molecule has 0 bridgehead atoms. The highest BCUT2D eigenvalue weighted by atomic mass is 19.3. The number of ketones is 2. The van der Waals surface area contributed by atoms with Gasteiger partial charge in [-0.3, -0.25) is 14.4 Å². The molecule has 5 nitrogen and oxygen atoms in total. The van der Waals surface area contributed by atoms with Crippen LogP contribution in [0.2, 0.25) is 0 Å². The van der Waals surface area contributed by atoms with Crippen LogP contribution in [0.5, 0.6) is 0 Å². The summed E-state index contributed by atoms with van der Waals surface area (Å²) in [5.41, 5.74) is 0.956. The van der Waals surface area contributed by atoms with E-state index in [1.54, 1.807) is 6.92 Å². The largest absolute Gasteiger partial charge is 0.481 e. The van der Waals surface area contributed by atoms with E-state index in [9.17, 15) is 23.2 Å². The van der Waals surface area contributed by atoms with Crippen molar-refractivity contribution < 1.29 is 33.0 Å². The summed E-state index contributed by atoms with van der Waals surface area (Å²) in [4.78, 5) is 35.6. The number of benzene rings is 1. The Hall–Kier alpha value is -2.41. The number of carboxylic acids is 1. The fourth-order valence-corrected chi connectivity index (χ4v) is 4.40. The van der Waals surface area contributed by atoms with Crippen LogP contribution in [0.25, 0.3) is 0 Å². The lowest BCUT2D eigenvalue weighted by atomic mass is 9.86. The molecule has 0 radical (unpaired) electrons. The van der Waals surface area contributed by atoms with Gasteiger partial charge >= 0.3 is 11.9 Å². The van der Waals surface area contributed by atoms with Crippen molar-refractivity contribution >= 4 is 17.5 Å². The van der Waals surface area contributed by atoms with Crippen molar-refractivity contribution in [3.8, 4) is 0 Å². The summed E-state index contributed by atoms with van der Waals surface area (Å²) in [6.07, 6.45) is 5.46. The van der Waals surface area contributed by atoms with Crippen LogP contribution in [0.15, 0.2) is 42.5 Å². The molecule has 0 amide bonds. The number of carbonyl (C=O) groups excluding carboxylic acids is 2. The van der Waals surface area contributed by atoms with Crippen molar-refractivity contribution in [2.24, 2.45) is 11.8 Å². The molecule has 188 valence electrons. The molecule has 2 rings (SSSR count). The zero-order chi connectivity index (χ0) is 25.0. The molecule has 1 aromatic rings. The van der Waals surface area contributed by atoms with Crippen molar-refractivity contribution in [1.82, 2.24) is 0 Å². The van der Waals surface area contributed by atoms with Crippen molar-refractivity contribution in [3.63, 3.8) is 0 Å². The molecule has 1 fully saturated rings. The van der Waals surface area contributed by atoms with E-state index in [-0.39, 0.29) is 37.4 Å². The van der Waals surface area contributed by atoms with Gasteiger partial charge in [-0.2, -0.15) is 8.78 Å². The Labute approximate surface area is 200 Å². The second-order valence-corrected chi connectivity index (χ2v) is 9.04. The summed E-state index contributed by atoms with van der Waals surface area (Å²) in [5.74, 6) is -5.94. The summed E-state index contributed by atoms with van der Waals surface area (Å²) in [6.45, 7) is 2.12. The average molecular weight is 479 g/mol. The zero-order valence-corrected chi connectivity index (χ0v) is 19.9. The van der Waals surface area contributed by atoms with Gasteiger partial charge in [0.15, 0.2) is 0 Å². The fourth-order valence-electron chi connectivity index (χ4n) is 4.40. The van der Waals surface area contributed by atoms with E-state index in [1.165, 1.54) is 0 Å². The Balaban J connectivity index is 2.02. The van der Waals surface area contributed by atoms with E-state index in [0.29, 0.717) is 38.7 Å². The topological polar surface area (TPSA) is 80.7 Å². The maximum absolute atomic E-state index is 14.2. The number of ether oxygens (including phenoxy) is 1. The van der Waals surface area contributed by atoms with Gasteiger partial charge in [0.2, 0.25) is 5.78 Å². The molecule has 3 atom stereocenters. The van der Waals surface area contributed by atoms with Crippen LogP contribution < -0.4 is 0 Å². The number of alkyl halides is 2. The van der Waals surface area contributed by atoms with E-state index in [4.69, 9.17) is 9.84 Å². The first-order valence-electron chi connectivity index (χ1n) is 12.2. The summed E-state index contributed by atoms with van der Waals surface area (Å²) in [7, 11) is 0. The monoisotopic (exact) mass is 478 g/mol. The Kier molecular flexibility index (Phi) is 11.5. The van der Waals surface area contributed by atoms with Crippen molar-refractivity contribution in [2.75, 3.05) is 0 Å². The normalized spacial score (nSPS) is 20.8. The molecule has 0 spiro atoms. The number of halogens is 2. The molecule has 0 aromatic heterocycles. The van der Waals surface area contributed by atoms with Crippen LogP contribution in [0.1, 0.15) is 76.7 Å². The molecular formula is C27H36F2O5. The predicted molar refractivity (Wildman–Crippen MR) is 126 cm³/mol. The third-order valence-electron chi connectivity index (χ3n) is 6.39. The number of aliphatic carboxylic acids is 1. The van der Waals surface area contributed by atoms with Gasteiger partial charge in [0, 0.05) is 31.6 Å². The number of rotatable bonds is 16. The van der Waals surface area contributed by atoms with Gasteiger partial charge in [-0.05, 0) is 43.6 Å². The fraction of sp³-hybridized carbons (Fsp3) is 0.593. The van der Waals surface area contributed by atoms with Crippen LogP contribution in [-0.2, 0) is 25.7 Å². The molecule has 1 aromatic carbocycles. The minimum atomic E-state index is -3.33. The summed E-state index contributed by atoms with van der Waals surface area (Å²) in [6, 6.07) is 9.52. The molecule has 7 heteroatoms. The third-order valence-corrected chi connectivity index (χ3v) is 6.39. The van der Waals surface area contributed by atoms with Gasteiger partial charge in [-0.25, -0.2) is 0 Å². The molecule has 1 N–H and O–H groups in total. The van der Waals surface area contributed by atoms with Crippen molar-refractivity contribution in [3.05, 3.63) is 48.0 Å². The van der Waals surface area contributed by atoms with Crippen LogP contribution in [0.4, 0.5) is 8.78 Å². The average Bonchev–Trinajstić information content (AvgIpc) is 3.11. The lowest BCUT2D eigenvalue weighted by Crippen LogP contribution is -2.31. The quantitative estimate of drug-likeness (QED) is 0.228. The first-order chi connectivity index (χ1) is 16.2. The summed E-state index contributed by atoms with van der Waals surface area (Å²) >= 11 is 0. The molecular weight excluding hydrogens is 442 g/mol. The van der Waals surface area contributed by atoms with Gasteiger partial charge in [-0.15, -0.1) is 0 Å². The van der Waals surface area contributed by atoms with Crippen LogP contribution >= 0.6 is 0 Å². The van der Waals surface area contributed by atoms with Gasteiger partial charge in [-0.1, -0.05) is 55.8 Å². The van der Waals surface area contributed by atoms with Crippen LogP contribution in [0.3, 0.4) is 0 Å². The SMILES string of the molecule is CCCCC(F)(F)C(=O)CC[C@H]1[C@H](OCc2ccccc2)CC(=O)[C@@H]1C/C=C\CCCC(=O)O. The van der Waals surface area contributed by atoms with E-state index >= 15 is 0 Å². The molecule has 0 aliphatic heterocycles. The summed E-state index contributed by atoms with van der Waals surface area (Å²) in [5, 5.41) is 8.72. The van der Waals surface area contributed by atoms with E-state index in [0.717, 1.165) is 5.56 Å². The molecule has 0 heterocycles. The number of carboxylic acid groups (broad SMARTS) is 1. The van der Waals surface area contributed by atoms with Crippen molar-refractivity contribution in [2.45, 2.75) is 89.8 Å². The molecule has 34 heavy (non-hydrogen) atoms. The lowest BCUT2D eigenvalue weighted by Gasteiger charge is -2.24. The van der Waals surface area contributed by atoms with Crippen LogP contribution in [-0.4, -0.2) is 34.7 Å². The minimum absolute atomic E-state index is 0.0171. The molecule has 0 unspecified atom stereocenters. The number of carbonyl (C=O) groups is 3. The molecule has 0 saturated heterocycles. The number of unbranched alkanes of at least 4 members (excludes halogenated alkanes) is 2. The molecule has 1 aliphatic carbocycles. The zero-order valence-electron chi connectivity index (χ0n) is 19.9. The number of hydrogen-bond acceptors (Lipinski definition) is 4. The Morgan fingerprint density at radius 1 is 1.15 bits per heavy atom. The van der Waals surface area contributed by atoms with Crippen LogP contribution in [0, 0.1) is 11.8 Å². The summed E-state index contributed by atoms with van der Waals surface area (Å²) < 4.78 is 34.4. The van der Waals surface area contributed by atoms with E-state index < -0.39 is 36.1 Å². The minimum Gasteiger partial charge on any atom is -0.481 e. The Morgan fingerprint density at radius 2 is 1.88 bits per heavy atom. The highest BCUT2D eigenvalue weighted by Gasteiger charge is 2.44. The van der Waals surface area contributed by atoms with E-state index in [1.807, 2.05) is 42.5 Å². The highest BCUT2D eigenvalue weighted by Crippen LogP contribution is 2.38. The van der Waals surface area contributed by atoms with Gasteiger partial charge in [0.25, 0.3) is 0 Å². The predicted octanol–water partition coefficient (Wildman–Crippen LogP) is 6.15. The molecule has 1 saturated carbocycles. The van der Waals surface area contributed by atoms with Crippen molar-refractivity contribution in [1.29, 1.82) is 0 Å². The smallest absolute Gasteiger partial charge is 0.305 e. The van der Waals surface area contributed by atoms with Gasteiger partial charge in [0.05, 0.1) is 12.7 Å². The number of allylic oxidation sites excluding steroid dienone is 2. The lowest BCUT2D eigenvalue weighted by molar-refractivity contribution is -0.144. The van der Waals surface area contributed by atoms with Gasteiger partial charge in [0.1, 0.15) is 5.78 Å². The number of hydrogen-bond donors (Lipinski definition) is 1. The number of Topliss-reactive ketones (excluding diaryl/α,β-unsaturated/α-hetero) is 2. The molecule has 1 aliphatic rings.